The second-order valence-electron chi connectivity index (χ2n) is 15.3. The number of hydrogen-bond acceptors (Lipinski definition) is 3. The molecule has 2 atom stereocenters. The van der Waals surface area contributed by atoms with Gasteiger partial charge in [-0.3, -0.25) is 0 Å². The summed E-state index contributed by atoms with van der Waals surface area (Å²) in [5.41, 5.74) is 0. The van der Waals surface area contributed by atoms with Crippen molar-refractivity contribution < 1.29 is 19.1 Å². The lowest BCUT2D eigenvalue weighted by Crippen LogP contribution is -2.56. The van der Waals surface area contributed by atoms with Gasteiger partial charge in [-0.2, -0.15) is 0 Å². The Labute approximate surface area is 302 Å². The van der Waals surface area contributed by atoms with Crippen LogP contribution in [0.3, 0.4) is 0 Å². The Morgan fingerprint density at radius 3 is 1.17 bits per heavy atom. The quantitative estimate of drug-likeness (QED) is 0.0304. The monoisotopic (exact) mass is 679 g/mol. The standard InChI is InChI=1S/C44H88NO3/c1-6-8-10-12-14-16-18-20-22-24-26-28-30-32-34-36-41-47-43(3)44(45(4,5)39-38-40-46)48-42-37-35-33-31-29-27-25-23-21-19-17-15-13-11-9-7-2/h20-23,43-44,46H,6-19,24-42H2,1-5H3/q+1/b22-20-,23-21-. The van der Waals surface area contributed by atoms with Crippen LogP contribution in [0.2, 0.25) is 0 Å². The third-order valence-electron chi connectivity index (χ3n) is 9.96. The summed E-state index contributed by atoms with van der Waals surface area (Å²) in [5.74, 6) is 0. The molecule has 0 saturated heterocycles. The van der Waals surface area contributed by atoms with Crippen molar-refractivity contribution >= 4 is 0 Å². The highest BCUT2D eigenvalue weighted by atomic mass is 16.6. The fourth-order valence-corrected chi connectivity index (χ4v) is 6.77. The van der Waals surface area contributed by atoms with E-state index in [1.165, 1.54) is 167 Å². The number of aliphatic hydroxyl groups excluding tert-OH is 1. The molecule has 0 radical (unpaired) electrons. The van der Waals surface area contributed by atoms with E-state index in [4.69, 9.17) is 9.47 Å². The Morgan fingerprint density at radius 1 is 0.458 bits per heavy atom. The number of nitrogens with zero attached hydrogens (tertiary/aromatic N) is 1. The average Bonchev–Trinajstić information content (AvgIpc) is 3.08. The highest BCUT2D eigenvalue weighted by Crippen LogP contribution is 2.19. The number of quaternary nitrogens is 1. The number of rotatable bonds is 39. The van der Waals surface area contributed by atoms with Crippen LogP contribution in [-0.4, -0.2) is 62.4 Å². The molecular formula is C44H88NO3+. The van der Waals surface area contributed by atoms with E-state index in [1.807, 2.05) is 0 Å². The van der Waals surface area contributed by atoms with E-state index in [9.17, 15) is 5.11 Å². The van der Waals surface area contributed by atoms with Crippen LogP contribution in [0.5, 0.6) is 0 Å². The van der Waals surface area contributed by atoms with Crippen molar-refractivity contribution in [2.75, 3.05) is 40.5 Å². The Hall–Kier alpha value is -0.680. The van der Waals surface area contributed by atoms with Gasteiger partial charge in [0.05, 0.1) is 27.2 Å². The van der Waals surface area contributed by atoms with Gasteiger partial charge in [0.1, 0.15) is 6.10 Å². The normalized spacial score (nSPS) is 13.7. The maximum atomic E-state index is 9.46. The summed E-state index contributed by atoms with van der Waals surface area (Å²) in [4.78, 5) is 0. The van der Waals surface area contributed by atoms with Crippen molar-refractivity contribution in [1.29, 1.82) is 0 Å². The summed E-state index contributed by atoms with van der Waals surface area (Å²) in [6, 6.07) is 0. The van der Waals surface area contributed by atoms with E-state index in [1.54, 1.807) is 0 Å². The van der Waals surface area contributed by atoms with Crippen molar-refractivity contribution in [2.24, 2.45) is 0 Å². The fraction of sp³-hybridized carbons (Fsp3) is 0.909. The highest BCUT2D eigenvalue weighted by Gasteiger charge is 2.34. The van der Waals surface area contributed by atoms with Crippen LogP contribution in [0.15, 0.2) is 24.3 Å². The molecule has 0 aliphatic rings. The molecule has 0 bridgehead atoms. The highest BCUT2D eigenvalue weighted by molar-refractivity contribution is 4.82. The number of ether oxygens (including phenoxy) is 2. The first kappa shape index (κ1) is 47.3. The Kier molecular flexibility index (Phi) is 37.0. The third-order valence-corrected chi connectivity index (χ3v) is 9.96. The summed E-state index contributed by atoms with van der Waals surface area (Å²) in [6.45, 7) is 9.50. The molecule has 0 amide bonds. The minimum atomic E-state index is 0.00814. The molecule has 0 fully saturated rings. The molecule has 0 aromatic carbocycles. The minimum Gasteiger partial charge on any atom is -0.396 e. The number of hydrogen-bond donors (Lipinski definition) is 1. The number of unbranched alkanes of at least 4 members (excludes halogenated alkanes) is 24. The lowest BCUT2D eigenvalue weighted by molar-refractivity contribution is -0.941. The maximum absolute atomic E-state index is 9.46. The summed E-state index contributed by atoms with van der Waals surface area (Å²) in [5, 5.41) is 9.46. The largest absolute Gasteiger partial charge is 0.396 e. The van der Waals surface area contributed by atoms with E-state index in [0.29, 0.717) is 0 Å². The second kappa shape index (κ2) is 37.6. The second-order valence-corrected chi connectivity index (χ2v) is 15.3. The summed E-state index contributed by atoms with van der Waals surface area (Å²) in [7, 11) is 4.46. The van der Waals surface area contributed by atoms with Crippen LogP contribution >= 0.6 is 0 Å². The smallest absolute Gasteiger partial charge is 0.219 e. The molecule has 4 heteroatoms. The zero-order valence-electron chi connectivity index (χ0n) is 33.5. The number of aliphatic hydroxyl groups is 1. The molecule has 0 heterocycles. The molecule has 0 saturated carbocycles. The fourth-order valence-electron chi connectivity index (χ4n) is 6.77. The molecule has 0 aliphatic carbocycles. The van der Waals surface area contributed by atoms with Crippen molar-refractivity contribution in [2.45, 2.75) is 219 Å². The molecule has 0 aromatic rings. The minimum absolute atomic E-state index is 0.00814. The van der Waals surface area contributed by atoms with Crippen molar-refractivity contribution in [3.05, 3.63) is 24.3 Å². The van der Waals surface area contributed by atoms with Gasteiger partial charge >= 0.3 is 0 Å². The summed E-state index contributed by atoms with van der Waals surface area (Å²) < 4.78 is 13.6. The van der Waals surface area contributed by atoms with Crippen molar-refractivity contribution in [1.82, 2.24) is 0 Å². The van der Waals surface area contributed by atoms with Gasteiger partial charge in [-0.1, -0.05) is 154 Å². The molecule has 0 spiro atoms. The third kappa shape index (κ3) is 32.5. The molecular weight excluding hydrogens is 590 g/mol. The van der Waals surface area contributed by atoms with Gasteiger partial charge in [0.15, 0.2) is 0 Å². The predicted octanol–water partition coefficient (Wildman–Crippen LogP) is 13.3. The molecule has 286 valence electrons. The Bertz CT molecular complexity index is 676. The molecule has 48 heavy (non-hydrogen) atoms. The van der Waals surface area contributed by atoms with E-state index in [2.05, 4.69) is 59.2 Å². The van der Waals surface area contributed by atoms with Gasteiger partial charge in [0.25, 0.3) is 0 Å². The molecule has 0 aliphatic heterocycles. The van der Waals surface area contributed by atoms with Gasteiger partial charge in [-0.05, 0) is 71.1 Å². The lowest BCUT2D eigenvalue weighted by Gasteiger charge is -2.40. The predicted molar refractivity (Wildman–Crippen MR) is 213 cm³/mol. The first-order chi connectivity index (χ1) is 23.5. The lowest BCUT2D eigenvalue weighted by atomic mass is 10.1. The van der Waals surface area contributed by atoms with Crippen LogP contribution in [-0.2, 0) is 9.47 Å². The maximum Gasteiger partial charge on any atom is 0.219 e. The van der Waals surface area contributed by atoms with E-state index in [-0.39, 0.29) is 18.9 Å². The first-order valence-electron chi connectivity index (χ1n) is 21.5. The summed E-state index contributed by atoms with van der Waals surface area (Å²) in [6.07, 6.45) is 47.6. The van der Waals surface area contributed by atoms with Crippen LogP contribution < -0.4 is 0 Å². The molecule has 0 rings (SSSR count). The van der Waals surface area contributed by atoms with Crippen molar-refractivity contribution in [3.8, 4) is 0 Å². The number of likely N-dealkylation sites (N-methyl/N-ethyl adjacent to an activating group) is 1. The van der Waals surface area contributed by atoms with E-state index < -0.39 is 0 Å². The van der Waals surface area contributed by atoms with Crippen LogP contribution in [0.1, 0.15) is 207 Å². The van der Waals surface area contributed by atoms with Gasteiger partial charge in [0.2, 0.25) is 6.23 Å². The van der Waals surface area contributed by atoms with E-state index in [0.717, 1.165) is 43.5 Å². The molecule has 2 unspecified atom stereocenters. The van der Waals surface area contributed by atoms with Crippen LogP contribution in [0, 0.1) is 0 Å². The first-order valence-corrected chi connectivity index (χ1v) is 21.5. The summed E-state index contributed by atoms with van der Waals surface area (Å²) >= 11 is 0. The average molecular weight is 679 g/mol. The van der Waals surface area contributed by atoms with Crippen LogP contribution in [0.4, 0.5) is 0 Å². The zero-order valence-corrected chi connectivity index (χ0v) is 33.5. The van der Waals surface area contributed by atoms with Crippen LogP contribution in [0.25, 0.3) is 0 Å². The topological polar surface area (TPSA) is 38.7 Å². The number of allylic oxidation sites excluding steroid dienone is 4. The molecule has 4 nitrogen and oxygen atoms in total. The van der Waals surface area contributed by atoms with Gasteiger partial charge in [0, 0.05) is 19.6 Å². The SMILES string of the molecule is CCCCCCCC/C=C\CCCCCCCCOC(C)C(OCCCCCCCC/C=C\CCCCCCCC)[N+](C)(C)CCCO. The van der Waals surface area contributed by atoms with Gasteiger partial charge < -0.3 is 19.1 Å². The zero-order chi connectivity index (χ0) is 35.2. The van der Waals surface area contributed by atoms with Crippen molar-refractivity contribution in [3.63, 3.8) is 0 Å². The van der Waals surface area contributed by atoms with Gasteiger partial charge in [-0.25, -0.2) is 0 Å². The molecule has 0 aromatic heterocycles. The Morgan fingerprint density at radius 2 is 0.792 bits per heavy atom. The Balaban J connectivity index is 3.97. The van der Waals surface area contributed by atoms with E-state index >= 15 is 0 Å². The molecule has 1 N–H and O–H groups in total. The van der Waals surface area contributed by atoms with Gasteiger partial charge in [-0.15, -0.1) is 0 Å².